The summed E-state index contributed by atoms with van der Waals surface area (Å²) in [6, 6.07) is -0.0915. The number of alkyl halides is 3. The molecule has 0 heterocycles. The van der Waals surface area contributed by atoms with Crippen LogP contribution in [0.4, 0.5) is 13.2 Å². The third-order valence-corrected chi connectivity index (χ3v) is 2.51. The van der Waals surface area contributed by atoms with E-state index in [0.29, 0.717) is 0 Å². The summed E-state index contributed by atoms with van der Waals surface area (Å²) < 4.78 is 41.1. The summed E-state index contributed by atoms with van der Waals surface area (Å²) in [4.78, 5) is 11.1. The van der Waals surface area contributed by atoms with E-state index < -0.39 is 23.8 Å². The van der Waals surface area contributed by atoms with Crippen LogP contribution in [-0.2, 0) is 9.53 Å². The van der Waals surface area contributed by atoms with Crippen molar-refractivity contribution < 1.29 is 27.8 Å². The van der Waals surface area contributed by atoms with Gasteiger partial charge in [0.2, 0.25) is 0 Å². The van der Waals surface area contributed by atoms with Crippen LogP contribution in [0.25, 0.3) is 0 Å². The van der Waals surface area contributed by atoms with Gasteiger partial charge in [0.25, 0.3) is 0 Å². The lowest BCUT2D eigenvalue weighted by Crippen LogP contribution is -2.53. The first-order valence-corrected chi connectivity index (χ1v) is 5.68. The van der Waals surface area contributed by atoms with Crippen molar-refractivity contribution in [1.82, 2.24) is 5.32 Å². The largest absolute Gasteiger partial charge is 0.480 e. The highest BCUT2D eigenvalue weighted by atomic mass is 19.4. The van der Waals surface area contributed by atoms with Gasteiger partial charge in [-0.1, -0.05) is 0 Å². The van der Waals surface area contributed by atoms with E-state index in [2.05, 4.69) is 10.1 Å². The molecule has 0 aromatic carbocycles. The highest BCUT2D eigenvalue weighted by Crippen LogP contribution is 2.23. The molecule has 7 heteroatoms. The molecule has 0 radical (unpaired) electrons. The fourth-order valence-corrected chi connectivity index (χ4v) is 1.41. The molecule has 4 nitrogen and oxygen atoms in total. The molecule has 18 heavy (non-hydrogen) atoms. The van der Waals surface area contributed by atoms with Crippen LogP contribution in [0.3, 0.4) is 0 Å². The van der Waals surface area contributed by atoms with Crippen molar-refractivity contribution >= 4 is 5.97 Å². The number of carboxylic acid groups (broad SMARTS) is 1. The minimum absolute atomic E-state index is 0.0407. The van der Waals surface area contributed by atoms with Gasteiger partial charge in [-0.05, 0) is 34.1 Å². The average molecular weight is 271 g/mol. The number of nitrogens with one attached hydrogen (secondary N) is 1. The second kappa shape index (κ2) is 6.38. The molecule has 0 bridgehead atoms. The van der Waals surface area contributed by atoms with Gasteiger partial charge >= 0.3 is 12.1 Å². The molecule has 0 fully saturated rings. The number of ether oxygens (including phenoxy) is 1. The number of hydrogen-bond acceptors (Lipinski definition) is 3. The van der Waals surface area contributed by atoms with E-state index in [1.807, 2.05) is 0 Å². The van der Waals surface area contributed by atoms with Crippen molar-refractivity contribution in [2.75, 3.05) is 6.61 Å². The summed E-state index contributed by atoms with van der Waals surface area (Å²) in [6.07, 6.45) is -6.36. The molecule has 108 valence electrons. The molecular weight excluding hydrogens is 251 g/mol. The molecule has 0 rings (SSSR count). The molecule has 0 aromatic heterocycles. The van der Waals surface area contributed by atoms with E-state index in [1.54, 1.807) is 13.8 Å². The second-order valence-electron chi connectivity index (χ2n) is 4.74. The zero-order valence-corrected chi connectivity index (χ0v) is 11.0. The average Bonchev–Trinajstić information content (AvgIpc) is 2.14. The van der Waals surface area contributed by atoms with Gasteiger partial charge < -0.3 is 9.84 Å². The quantitative estimate of drug-likeness (QED) is 0.745. The molecule has 0 aliphatic rings. The predicted octanol–water partition coefficient (Wildman–Crippen LogP) is 2.19. The van der Waals surface area contributed by atoms with Gasteiger partial charge in [-0.25, -0.2) is 0 Å². The van der Waals surface area contributed by atoms with E-state index in [4.69, 9.17) is 5.11 Å². The Morgan fingerprint density at radius 2 is 1.83 bits per heavy atom. The van der Waals surface area contributed by atoms with Gasteiger partial charge in [-0.15, -0.1) is 0 Å². The van der Waals surface area contributed by atoms with E-state index in [9.17, 15) is 18.0 Å². The second-order valence-corrected chi connectivity index (χ2v) is 4.74. The highest BCUT2D eigenvalue weighted by Gasteiger charge is 2.38. The topological polar surface area (TPSA) is 58.6 Å². The van der Waals surface area contributed by atoms with Crippen LogP contribution >= 0.6 is 0 Å². The Balaban J connectivity index is 4.34. The molecule has 0 amide bonds. The third-order valence-electron chi connectivity index (χ3n) is 2.51. The van der Waals surface area contributed by atoms with Crippen LogP contribution in [0.2, 0.25) is 0 Å². The van der Waals surface area contributed by atoms with Gasteiger partial charge in [0.05, 0.1) is 0 Å². The standard InChI is InChI=1S/C11H20F3NO3/c1-7(2)15-10(4,9(16)17)5-6-18-8(3)11(12,13)14/h7-8,15H,5-6H2,1-4H3,(H,16,17). The molecule has 0 saturated carbocycles. The Hall–Kier alpha value is -0.820. The first-order valence-electron chi connectivity index (χ1n) is 5.68. The van der Waals surface area contributed by atoms with Gasteiger partial charge in [0, 0.05) is 12.6 Å². The van der Waals surface area contributed by atoms with Gasteiger partial charge in [0.1, 0.15) is 5.54 Å². The Labute approximate surface area is 105 Å². The lowest BCUT2D eigenvalue weighted by atomic mass is 9.97. The zero-order chi connectivity index (χ0) is 14.6. The lowest BCUT2D eigenvalue weighted by molar-refractivity contribution is -0.215. The molecular formula is C11H20F3NO3. The monoisotopic (exact) mass is 271 g/mol. The summed E-state index contributed by atoms with van der Waals surface area (Å²) in [6.45, 7) is 5.58. The number of aliphatic carboxylic acids is 1. The normalized spacial score (nSPS) is 17.6. The smallest absolute Gasteiger partial charge is 0.414 e. The van der Waals surface area contributed by atoms with Crippen molar-refractivity contribution in [2.45, 2.75) is 58.0 Å². The van der Waals surface area contributed by atoms with Crippen molar-refractivity contribution in [3.05, 3.63) is 0 Å². The number of hydrogen-bond donors (Lipinski definition) is 2. The summed E-state index contributed by atoms with van der Waals surface area (Å²) >= 11 is 0. The van der Waals surface area contributed by atoms with Crippen LogP contribution in [-0.4, -0.2) is 41.5 Å². The Bertz CT molecular complexity index is 281. The van der Waals surface area contributed by atoms with Crippen molar-refractivity contribution in [1.29, 1.82) is 0 Å². The Kier molecular flexibility index (Phi) is 6.09. The molecule has 2 atom stereocenters. The molecule has 0 aromatic rings. The van der Waals surface area contributed by atoms with Crippen LogP contribution < -0.4 is 5.32 Å². The number of carboxylic acids is 1. The number of rotatable bonds is 7. The Morgan fingerprint density at radius 1 is 1.33 bits per heavy atom. The maximum Gasteiger partial charge on any atom is 0.414 e. The van der Waals surface area contributed by atoms with Gasteiger partial charge in [0.15, 0.2) is 6.10 Å². The van der Waals surface area contributed by atoms with Crippen LogP contribution in [0.15, 0.2) is 0 Å². The maximum atomic E-state index is 12.2. The number of halogens is 3. The molecule has 0 spiro atoms. The third kappa shape index (κ3) is 5.68. The van der Waals surface area contributed by atoms with E-state index >= 15 is 0 Å². The van der Waals surface area contributed by atoms with Crippen LogP contribution in [0, 0.1) is 0 Å². The minimum Gasteiger partial charge on any atom is -0.480 e. The summed E-state index contributed by atoms with van der Waals surface area (Å²) in [5, 5.41) is 11.9. The van der Waals surface area contributed by atoms with Gasteiger partial charge in [-0.2, -0.15) is 13.2 Å². The van der Waals surface area contributed by atoms with Crippen molar-refractivity contribution in [2.24, 2.45) is 0 Å². The lowest BCUT2D eigenvalue weighted by Gasteiger charge is -2.29. The first kappa shape index (κ1) is 17.2. The maximum absolute atomic E-state index is 12.2. The van der Waals surface area contributed by atoms with Crippen LogP contribution in [0.5, 0.6) is 0 Å². The summed E-state index contributed by atoms with van der Waals surface area (Å²) in [7, 11) is 0. The fourth-order valence-electron chi connectivity index (χ4n) is 1.41. The molecule has 0 aliphatic heterocycles. The molecule has 2 N–H and O–H groups in total. The molecule has 2 unspecified atom stereocenters. The van der Waals surface area contributed by atoms with Crippen molar-refractivity contribution in [3.63, 3.8) is 0 Å². The minimum atomic E-state index is -4.43. The van der Waals surface area contributed by atoms with Crippen molar-refractivity contribution in [3.8, 4) is 0 Å². The first-order chi connectivity index (χ1) is 7.99. The Morgan fingerprint density at radius 3 is 2.17 bits per heavy atom. The van der Waals surface area contributed by atoms with Crippen LogP contribution in [0.1, 0.15) is 34.1 Å². The van der Waals surface area contributed by atoms with E-state index in [0.717, 1.165) is 6.92 Å². The number of carbonyl (C=O) groups is 1. The van der Waals surface area contributed by atoms with E-state index in [-0.39, 0.29) is 19.1 Å². The summed E-state index contributed by atoms with van der Waals surface area (Å²) in [5.41, 5.74) is -1.29. The van der Waals surface area contributed by atoms with Gasteiger partial charge in [-0.3, -0.25) is 10.1 Å². The SMILES string of the molecule is CC(C)NC(C)(CCOC(C)C(F)(F)F)C(=O)O. The predicted molar refractivity (Wildman–Crippen MR) is 60.4 cm³/mol. The zero-order valence-electron chi connectivity index (χ0n) is 11.0. The van der Waals surface area contributed by atoms with E-state index in [1.165, 1.54) is 6.92 Å². The highest BCUT2D eigenvalue weighted by molar-refractivity contribution is 5.78. The molecule has 0 saturated heterocycles. The fraction of sp³-hybridized carbons (Fsp3) is 0.909. The summed E-state index contributed by atoms with van der Waals surface area (Å²) in [5.74, 6) is -1.11. The molecule has 0 aliphatic carbocycles.